The molecule has 0 aliphatic rings. The van der Waals surface area contributed by atoms with E-state index in [0.29, 0.717) is 11.3 Å². The lowest BCUT2D eigenvalue weighted by Crippen LogP contribution is -1.99. The summed E-state index contributed by atoms with van der Waals surface area (Å²) in [6.07, 6.45) is 1.33. The second-order valence-electron chi connectivity index (χ2n) is 2.00. The Morgan fingerprint density at radius 1 is 1.82 bits per heavy atom. The lowest BCUT2D eigenvalue weighted by molar-refractivity contribution is 0.0600. The van der Waals surface area contributed by atoms with Crippen LogP contribution in [0.3, 0.4) is 0 Å². The molecule has 1 aromatic rings. The minimum Gasteiger partial charge on any atom is -0.467 e. The molecule has 0 amide bonds. The standard InChI is InChI=1S/C7H9NO3/c1-10-7(9)5-2-6(3-8)11-4-5/h2,4H,3,8H2,1H3. The molecule has 60 valence electrons. The Morgan fingerprint density at radius 3 is 3.00 bits per heavy atom. The lowest BCUT2D eigenvalue weighted by Gasteiger charge is -1.90. The van der Waals surface area contributed by atoms with E-state index in [1.165, 1.54) is 13.4 Å². The molecule has 0 bridgehead atoms. The van der Waals surface area contributed by atoms with Crippen molar-refractivity contribution in [1.82, 2.24) is 0 Å². The van der Waals surface area contributed by atoms with Gasteiger partial charge in [-0.15, -0.1) is 0 Å². The predicted octanol–water partition coefficient (Wildman–Crippen LogP) is 0.525. The van der Waals surface area contributed by atoms with Gasteiger partial charge in [0.15, 0.2) is 0 Å². The summed E-state index contributed by atoms with van der Waals surface area (Å²) < 4.78 is 9.37. The molecule has 4 heteroatoms. The Bertz CT molecular complexity index is 254. The number of methoxy groups -OCH3 is 1. The molecule has 0 unspecified atom stereocenters. The molecule has 1 aromatic heterocycles. The summed E-state index contributed by atoms with van der Waals surface area (Å²) in [5.41, 5.74) is 5.66. The molecule has 0 spiro atoms. The van der Waals surface area contributed by atoms with Gasteiger partial charge in [-0.3, -0.25) is 0 Å². The van der Waals surface area contributed by atoms with E-state index >= 15 is 0 Å². The Morgan fingerprint density at radius 2 is 2.55 bits per heavy atom. The van der Waals surface area contributed by atoms with Crippen molar-refractivity contribution in [2.75, 3.05) is 7.11 Å². The number of hydrogen-bond acceptors (Lipinski definition) is 4. The number of carbonyl (C=O) groups excluding carboxylic acids is 1. The topological polar surface area (TPSA) is 65.5 Å². The van der Waals surface area contributed by atoms with Crippen molar-refractivity contribution in [3.63, 3.8) is 0 Å². The van der Waals surface area contributed by atoms with E-state index in [1.807, 2.05) is 0 Å². The van der Waals surface area contributed by atoms with Crippen LogP contribution in [0.1, 0.15) is 16.1 Å². The molecule has 1 heterocycles. The molecule has 11 heavy (non-hydrogen) atoms. The summed E-state index contributed by atoms with van der Waals surface area (Å²) >= 11 is 0. The molecule has 0 atom stereocenters. The van der Waals surface area contributed by atoms with Crippen molar-refractivity contribution in [2.24, 2.45) is 5.73 Å². The number of esters is 1. The van der Waals surface area contributed by atoms with Crippen LogP contribution in [-0.4, -0.2) is 13.1 Å². The van der Waals surface area contributed by atoms with Crippen LogP contribution in [0.4, 0.5) is 0 Å². The van der Waals surface area contributed by atoms with Crippen LogP contribution < -0.4 is 5.73 Å². The lowest BCUT2D eigenvalue weighted by atomic mass is 10.3. The van der Waals surface area contributed by atoms with Crippen molar-refractivity contribution in [3.05, 3.63) is 23.7 Å². The molecule has 0 aliphatic heterocycles. The maximum absolute atomic E-state index is 10.8. The largest absolute Gasteiger partial charge is 0.467 e. The minimum absolute atomic E-state index is 0.289. The Kier molecular flexibility index (Phi) is 2.28. The molecule has 2 N–H and O–H groups in total. The first kappa shape index (κ1) is 7.81. The summed E-state index contributed by atoms with van der Waals surface area (Å²) in [5.74, 6) is 0.166. The molecule has 0 aromatic carbocycles. The first-order chi connectivity index (χ1) is 5.27. The first-order valence-corrected chi connectivity index (χ1v) is 3.13. The van der Waals surface area contributed by atoms with Gasteiger partial charge in [-0.25, -0.2) is 4.79 Å². The van der Waals surface area contributed by atoms with Gasteiger partial charge in [0.1, 0.15) is 12.0 Å². The maximum atomic E-state index is 10.8. The van der Waals surface area contributed by atoms with Crippen LogP contribution in [-0.2, 0) is 11.3 Å². The molecule has 1 rings (SSSR count). The molecular formula is C7H9NO3. The Balaban J connectivity index is 2.80. The Labute approximate surface area is 63.9 Å². The van der Waals surface area contributed by atoms with E-state index in [9.17, 15) is 4.79 Å². The van der Waals surface area contributed by atoms with E-state index < -0.39 is 5.97 Å². The monoisotopic (exact) mass is 155 g/mol. The van der Waals surface area contributed by atoms with Crippen molar-refractivity contribution in [2.45, 2.75) is 6.54 Å². The van der Waals surface area contributed by atoms with Gasteiger partial charge in [-0.05, 0) is 6.07 Å². The van der Waals surface area contributed by atoms with Crippen LogP contribution in [0.15, 0.2) is 16.7 Å². The molecule has 4 nitrogen and oxygen atoms in total. The summed E-state index contributed by atoms with van der Waals surface area (Å²) in [6, 6.07) is 1.56. The minimum atomic E-state index is -0.409. The van der Waals surface area contributed by atoms with Crippen molar-refractivity contribution in [1.29, 1.82) is 0 Å². The number of nitrogens with two attached hydrogens (primary N) is 1. The molecular weight excluding hydrogens is 146 g/mol. The fraction of sp³-hybridized carbons (Fsp3) is 0.286. The second kappa shape index (κ2) is 3.21. The number of hydrogen-bond donors (Lipinski definition) is 1. The SMILES string of the molecule is COC(=O)c1coc(CN)c1. The highest BCUT2D eigenvalue weighted by Gasteiger charge is 2.08. The van der Waals surface area contributed by atoms with Gasteiger partial charge in [0.2, 0.25) is 0 Å². The average Bonchev–Trinajstić information content (AvgIpc) is 2.50. The van der Waals surface area contributed by atoms with Crippen LogP contribution in [0.25, 0.3) is 0 Å². The highest BCUT2D eigenvalue weighted by atomic mass is 16.5. The van der Waals surface area contributed by atoms with Gasteiger partial charge in [0, 0.05) is 0 Å². The smallest absolute Gasteiger partial charge is 0.341 e. The highest BCUT2D eigenvalue weighted by Crippen LogP contribution is 2.07. The van der Waals surface area contributed by atoms with E-state index in [4.69, 9.17) is 10.2 Å². The quantitative estimate of drug-likeness (QED) is 0.632. The average molecular weight is 155 g/mol. The van der Waals surface area contributed by atoms with E-state index in [0.717, 1.165) is 0 Å². The van der Waals surface area contributed by atoms with Crippen molar-refractivity contribution >= 4 is 5.97 Å². The number of rotatable bonds is 2. The Hall–Kier alpha value is -1.29. The molecule has 0 saturated carbocycles. The normalized spacial score (nSPS) is 9.64. The van der Waals surface area contributed by atoms with Crippen LogP contribution in [0.5, 0.6) is 0 Å². The van der Waals surface area contributed by atoms with Gasteiger partial charge in [-0.1, -0.05) is 0 Å². The van der Waals surface area contributed by atoms with Gasteiger partial charge in [-0.2, -0.15) is 0 Å². The van der Waals surface area contributed by atoms with Gasteiger partial charge in [0.25, 0.3) is 0 Å². The zero-order valence-electron chi connectivity index (χ0n) is 6.16. The second-order valence-corrected chi connectivity index (χ2v) is 2.00. The van der Waals surface area contributed by atoms with Crippen LogP contribution in [0, 0.1) is 0 Å². The molecule has 0 radical (unpaired) electrons. The van der Waals surface area contributed by atoms with E-state index in [-0.39, 0.29) is 6.54 Å². The number of furan rings is 1. The van der Waals surface area contributed by atoms with Gasteiger partial charge in [0.05, 0.1) is 19.2 Å². The fourth-order valence-electron chi connectivity index (χ4n) is 0.713. The summed E-state index contributed by atoms with van der Waals surface area (Å²) in [7, 11) is 1.32. The van der Waals surface area contributed by atoms with Crippen molar-refractivity contribution in [3.8, 4) is 0 Å². The third kappa shape index (κ3) is 1.59. The van der Waals surface area contributed by atoms with E-state index in [2.05, 4.69) is 4.74 Å². The maximum Gasteiger partial charge on any atom is 0.341 e. The van der Waals surface area contributed by atoms with Gasteiger partial charge >= 0.3 is 5.97 Å². The zero-order chi connectivity index (χ0) is 8.27. The third-order valence-corrected chi connectivity index (χ3v) is 1.28. The fourth-order valence-corrected chi connectivity index (χ4v) is 0.713. The van der Waals surface area contributed by atoms with Crippen molar-refractivity contribution < 1.29 is 13.9 Å². The van der Waals surface area contributed by atoms with Crippen LogP contribution >= 0.6 is 0 Å². The van der Waals surface area contributed by atoms with Gasteiger partial charge < -0.3 is 14.9 Å². The molecule has 0 fully saturated rings. The number of ether oxygens (including phenoxy) is 1. The molecule has 0 aliphatic carbocycles. The summed E-state index contributed by atoms with van der Waals surface area (Å²) in [4.78, 5) is 10.8. The van der Waals surface area contributed by atoms with E-state index in [1.54, 1.807) is 6.07 Å². The zero-order valence-corrected chi connectivity index (χ0v) is 6.16. The first-order valence-electron chi connectivity index (χ1n) is 3.13. The summed E-state index contributed by atoms with van der Waals surface area (Å²) in [5, 5.41) is 0. The highest BCUT2D eigenvalue weighted by molar-refractivity contribution is 5.88. The third-order valence-electron chi connectivity index (χ3n) is 1.28. The molecule has 0 saturated heterocycles. The number of carbonyl (C=O) groups is 1. The summed E-state index contributed by atoms with van der Waals surface area (Å²) in [6.45, 7) is 0.289. The predicted molar refractivity (Wildman–Crippen MR) is 37.9 cm³/mol. The van der Waals surface area contributed by atoms with Crippen LogP contribution in [0.2, 0.25) is 0 Å².